The molecule has 0 radical (unpaired) electrons. The maximum Gasteiger partial charge on any atom is 0.335 e. The molecule has 3 heteroatoms. The van der Waals surface area contributed by atoms with Gasteiger partial charge in [0.1, 0.15) is 0 Å². The van der Waals surface area contributed by atoms with Gasteiger partial charge in [0.25, 0.3) is 0 Å². The van der Waals surface area contributed by atoms with Gasteiger partial charge in [-0.1, -0.05) is 34.6 Å². The minimum absolute atomic E-state index is 0.330. The number of carboxylic acids is 1. The van der Waals surface area contributed by atoms with Gasteiger partial charge in [-0.2, -0.15) is 0 Å². The van der Waals surface area contributed by atoms with Crippen LogP contribution in [0, 0.1) is 23.7 Å². The van der Waals surface area contributed by atoms with Crippen LogP contribution in [-0.2, 0) is 0 Å². The Hall–Kier alpha value is -1.51. The fourth-order valence-electron chi connectivity index (χ4n) is 3.48. The van der Waals surface area contributed by atoms with Crippen molar-refractivity contribution in [3.05, 3.63) is 29.8 Å². The van der Waals surface area contributed by atoms with E-state index in [1.165, 1.54) is 19.3 Å². The third-order valence-electron chi connectivity index (χ3n) is 4.27. The van der Waals surface area contributed by atoms with Gasteiger partial charge in [0.2, 0.25) is 0 Å². The molecule has 130 valence electrons. The number of hydrogen-bond acceptors (Lipinski definition) is 2. The second-order valence-corrected chi connectivity index (χ2v) is 7.68. The highest BCUT2D eigenvalue weighted by atomic mass is 16.4. The summed E-state index contributed by atoms with van der Waals surface area (Å²) in [7, 11) is 0. The van der Waals surface area contributed by atoms with Gasteiger partial charge in [-0.15, -0.1) is 0 Å². The molecule has 0 aromatic heterocycles. The van der Waals surface area contributed by atoms with Crippen molar-refractivity contribution in [3.63, 3.8) is 0 Å². The molecule has 0 amide bonds. The van der Waals surface area contributed by atoms with Gasteiger partial charge in [-0.05, 0) is 67.2 Å². The molecule has 23 heavy (non-hydrogen) atoms. The number of rotatable bonds is 10. The Morgan fingerprint density at radius 3 is 1.96 bits per heavy atom. The van der Waals surface area contributed by atoms with Crippen molar-refractivity contribution in [2.24, 2.45) is 23.7 Å². The van der Waals surface area contributed by atoms with Crippen LogP contribution < -0.4 is 5.32 Å². The highest BCUT2D eigenvalue weighted by Crippen LogP contribution is 2.24. The molecule has 2 N–H and O–H groups in total. The Kier molecular flexibility index (Phi) is 8.15. The van der Waals surface area contributed by atoms with Crippen LogP contribution in [0.5, 0.6) is 0 Å². The zero-order valence-corrected chi connectivity index (χ0v) is 15.3. The average Bonchev–Trinajstić information content (AvgIpc) is 2.44. The number of benzene rings is 1. The largest absolute Gasteiger partial charge is 0.478 e. The number of nitrogens with one attached hydrogen (secondary N) is 1. The quantitative estimate of drug-likeness (QED) is 0.596. The maximum absolute atomic E-state index is 10.8. The van der Waals surface area contributed by atoms with E-state index in [9.17, 15) is 4.79 Å². The maximum atomic E-state index is 10.8. The summed E-state index contributed by atoms with van der Waals surface area (Å²) in [5.41, 5.74) is 1.32. The topological polar surface area (TPSA) is 49.3 Å². The van der Waals surface area contributed by atoms with Gasteiger partial charge < -0.3 is 10.4 Å². The molecule has 3 unspecified atom stereocenters. The van der Waals surface area contributed by atoms with E-state index < -0.39 is 5.97 Å². The molecule has 0 fully saturated rings. The summed E-state index contributed by atoms with van der Waals surface area (Å²) in [6, 6.07) is 6.96. The number of carboxylic acid groups (broad SMARTS) is 1. The zero-order chi connectivity index (χ0) is 17.4. The molecule has 0 saturated carbocycles. The van der Waals surface area contributed by atoms with Crippen molar-refractivity contribution >= 4 is 11.7 Å². The molecular formula is C20H33NO2. The summed E-state index contributed by atoms with van der Waals surface area (Å²) in [6.45, 7) is 12.5. The third kappa shape index (κ3) is 8.06. The Labute approximate surface area is 141 Å². The van der Waals surface area contributed by atoms with Crippen LogP contribution in [0.25, 0.3) is 0 Å². The smallest absolute Gasteiger partial charge is 0.335 e. The molecule has 0 heterocycles. The summed E-state index contributed by atoms with van der Waals surface area (Å²) >= 11 is 0. The normalized spacial score (nSPS) is 15.2. The van der Waals surface area contributed by atoms with Crippen molar-refractivity contribution in [2.75, 3.05) is 11.9 Å². The summed E-state index contributed by atoms with van der Waals surface area (Å²) in [4.78, 5) is 10.8. The molecule has 1 rings (SSSR count). The van der Waals surface area contributed by atoms with Crippen LogP contribution in [0.1, 0.15) is 64.2 Å². The van der Waals surface area contributed by atoms with E-state index >= 15 is 0 Å². The van der Waals surface area contributed by atoms with Crippen LogP contribution in [0.2, 0.25) is 0 Å². The van der Waals surface area contributed by atoms with Gasteiger partial charge in [0, 0.05) is 12.2 Å². The van der Waals surface area contributed by atoms with E-state index in [1.54, 1.807) is 12.1 Å². The minimum Gasteiger partial charge on any atom is -0.478 e. The molecule has 0 bridgehead atoms. The number of aromatic carboxylic acids is 1. The highest BCUT2D eigenvalue weighted by Gasteiger charge is 2.13. The lowest BCUT2D eigenvalue weighted by Gasteiger charge is -2.22. The van der Waals surface area contributed by atoms with Crippen LogP contribution in [0.4, 0.5) is 5.69 Å². The molecule has 1 aromatic rings. The van der Waals surface area contributed by atoms with Crippen molar-refractivity contribution in [1.29, 1.82) is 0 Å². The fraction of sp³-hybridized carbons (Fsp3) is 0.650. The second-order valence-electron chi connectivity index (χ2n) is 7.68. The predicted octanol–water partition coefficient (Wildman–Crippen LogP) is 5.53. The zero-order valence-electron chi connectivity index (χ0n) is 15.3. The first kappa shape index (κ1) is 19.5. The van der Waals surface area contributed by atoms with E-state index in [-0.39, 0.29) is 0 Å². The molecule has 1 aromatic carbocycles. The molecule has 0 spiro atoms. The number of carbonyl (C=O) groups is 1. The van der Waals surface area contributed by atoms with E-state index in [1.807, 2.05) is 12.1 Å². The van der Waals surface area contributed by atoms with E-state index in [0.29, 0.717) is 11.5 Å². The standard InChI is InChI=1S/C20H33NO2/c1-14(2)10-15(3)11-16(4)12-17(5)13-21-19-8-6-18(7-9-19)20(22)23/h6-9,14-17,21H,10-13H2,1-5H3,(H,22,23). The molecule has 3 nitrogen and oxygen atoms in total. The third-order valence-corrected chi connectivity index (χ3v) is 4.27. The molecular weight excluding hydrogens is 286 g/mol. The SMILES string of the molecule is CC(C)CC(C)CC(C)CC(C)CNc1ccc(C(=O)O)cc1. The van der Waals surface area contributed by atoms with E-state index in [2.05, 4.69) is 39.9 Å². The van der Waals surface area contributed by atoms with E-state index in [0.717, 1.165) is 30.0 Å². The van der Waals surface area contributed by atoms with Gasteiger partial charge in [-0.25, -0.2) is 4.79 Å². The van der Waals surface area contributed by atoms with E-state index in [4.69, 9.17) is 5.11 Å². The fourth-order valence-corrected chi connectivity index (χ4v) is 3.48. The van der Waals surface area contributed by atoms with Crippen molar-refractivity contribution in [2.45, 2.75) is 53.9 Å². The van der Waals surface area contributed by atoms with Crippen molar-refractivity contribution in [3.8, 4) is 0 Å². The van der Waals surface area contributed by atoms with Crippen LogP contribution in [0.15, 0.2) is 24.3 Å². The van der Waals surface area contributed by atoms with Crippen LogP contribution >= 0.6 is 0 Å². The van der Waals surface area contributed by atoms with Gasteiger partial charge in [-0.3, -0.25) is 0 Å². The summed E-state index contributed by atoms with van der Waals surface area (Å²) in [5.74, 6) is 2.05. The highest BCUT2D eigenvalue weighted by molar-refractivity contribution is 5.87. The Balaban J connectivity index is 2.33. The van der Waals surface area contributed by atoms with Crippen LogP contribution in [-0.4, -0.2) is 17.6 Å². The summed E-state index contributed by atoms with van der Waals surface area (Å²) < 4.78 is 0. The molecule has 0 aliphatic heterocycles. The molecule has 0 aliphatic carbocycles. The lowest BCUT2D eigenvalue weighted by molar-refractivity contribution is 0.0697. The Bertz CT molecular complexity index is 467. The van der Waals surface area contributed by atoms with Gasteiger partial charge >= 0.3 is 5.97 Å². The average molecular weight is 319 g/mol. The first-order chi connectivity index (χ1) is 10.8. The first-order valence-electron chi connectivity index (χ1n) is 8.85. The lowest BCUT2D eigenvalue weighted by Crippen LogP contribution is -2.16. The molecule has 3 atom stereocenters. The monoisotopic (exact) mass is 319 g/mol. The van der Waals surface area contributed by atoms with Crippen molar-refractivity contribution < 1.29 is 9.90 Å². The molecule has 0 saturated heterocycles. The van der Waals surface area contributed by atoms with Gasteiger partial charge in [0.15, 0.2) is 0 Å². The lowest BCUT2D eigenvalue weighted by atomic mass is 9.86. The second kappa shape index (κ2) is 9.59. The summed E-state index contributed by atoms with van der Waals surface area (Å²) in [6.07, 6.45) is 3.84. The Morgan fingerprint density at radius 1 is 0.913 bits per heavy atom. The predicted molar refractivity (Wildman–Crippen MR) is 98.1 cm³/mol. The Morgan fingerprint density at radius 2 is 1.43 bits per heavy atom. The number of anilines is 1. The first-order valence-corrected chi connectivity index (χ1v) is 8.85. The van der Waals surface area contributed by atoms with Gasteiger partial charge in [0.05, 0.1) is 5.56 Å². The molecule has 0 aliphatic rings. The number of hydrogen-bond donors (Lipinski definition) is 2. The summed E-state index contributed by atoms with van der Waals surface area (Å²) in [5, 5.41) is 12.3. The van der Waals surface area contributed by atoms with Crippen LogP contribution in [0.3, 0.4) is 0 Å². The van der Waals surface area contributed by atoms with Crippen molar-refractivity contribution in [1.82, 2.24) is 0 Å². The minimum atomic E-state index is -0.880.